The third kappa shape index (κ3) is 2.64. The molecule has 3 aromatic rings. The van der Waals surface area contributed by atoms with Crippen LogP contribution in [0.25, 0.3) is 11.2 Å². The number of aryl methyl sites for hydroxylation is 1. The van der Waals surface area contributed by atoms with Gasteiger partial charge in [-0.2, -0.15) is 0 Å². The summed E-state index contributed by atoms with van der Waals surface area (Å²) in [7, 11) is 0. The van der Waals surface area contributed by atoms with E-state index in [1.807, 2.05) is 0 Å². The first kappa shape index (κ1) is 14.8. The van der Waals surface area contributed by atoms with E-state index in [4.69, 9.17) is 0 Å². The van der Waals surface area contributed by atoms with Crippen LogP contribution in [0, 0.1) is 12.8 Å². The SMILES string of the molecule is Cc1ccccc1N1CC[C@@H](Cn2cnc3nccnc3c2=O)C1. The summed E-state index contributed by atoms with van der Waals surface area (Å²) in [5.74, 6) is 0.429. The number of benzene rings is 1. The average Bonchev–Trinajstić information content (AvgIpc) is 3.06. The third-order valence-electron chi connectivity index (χ3n) is 4.66. The lowest BCUT2D eigenvalue weighted by molar-refractivity contribution is 0.473. The number of hydrogen-bond donors (Lipinski definition) is 0. The Bertz CT molecular complexity index is 936. The first-order valence-electron chi connectivity index (χ1n) is 8.19. The molecule has 0 unspecified atom stereocenters. The van der Waals surface area contributed by atoms with Crippen molar-refractivity contribution in [3.63, 3.8) is 0 Å². The molecule has 0 N–H and O–H groups in total. The van der Waals surface area contributed by atoms with Crippen molar-refractivity contribution in [3.05, 3.63) is 58.9 Å². The van der Waals surface area contributed by atoms with Crippen molar-refractivity contribution in [1.29, 1.82) is 0 Å². The van der Waals surface area contributed by atoms with Crippen LogP contribution in [-0.4, -0.2) is 32.6 Å². The maximum atomic E-state index is 12.5. The van der Waals surface area contributed by atoms with Crippen molar-refractivity contribution in [1.82, 2.24) is 19.5 Å². The average molecular weight is 321 g/mol. The maximum absolute atomic E-state index is 12.5. The van der Waals surface area contributed by atoms with Crippen LogP contribution in [0.3, 0.4) is 0 Å². The van der Waals surface area contributed by atoms with E-state index >= 15 is 0 Å². The molecule has 4 rings (SSSR count). The summed E-state index contributed by atoms with van der Waals surface area (Å²) >= 11 is 0. The topological polar surface area (TPSA) is 63.9 Å². The highest BCUT2D eigenvalue weighted by atomic mass is 16.1. The third-order valence-corrected chi connectivity index (χ3v) is 4.66. The van der Waals surface area contributed by atoms with E-state index in [0.717, 1.165) is 19.5 Å². The Hall–Kier alpha value is -2.76. The van der Waals surface area contributed by atoms with Crippen molar-refractivity contribution in [2.45, 2.75) is 19.9 Å². The van der Waals surface area contributed by atoms with Crippen LogP contribution in [0.5, 0.6) is 0 Å². The van der Waals surface area contributed by atoms with Crippen molar-refractivity contribution < 1.29 is 0 Å². The molecule has 1 aliphatic rings. The summed E-state index contributed by atoms with van der Waals surface area (Å²) in [6.45, 7) is 4.78. The second-order valence-electron chi connectivity index (χ2n) is 6.32. The molecule has 3 heterocycles. The van der Waals surface area contributed by atoms with Gasteiger partial charge in [0.1, 0.15) is 6.33 Å². The van der Waals surface area contributed by atoms with Gasteiger partial charge >= 0.3 is 0 Å². The standard InChI is InChI=1S/C18H19N5O/c1-13-4-2-3-5-15(13)22-9-6-14(10-22)11-23-12-21-17-16(18(23)24)19-7-8-20-17/h2-5,7-8,12,14H,6,9-11H2,1H3/t14-/m1/s1. The Balaban J connectivity index is 1.54. The molecule has 1 aromatic carbocycles. The van der Waals surface area contributed by atoms with Crippen molar-refractivity contribution in [2.75, 3.05) is 18.0 Å². The van der Waals surface area contributed by atoms with Crippen LogP contribution >= 0.6 is 0 Å². The zero-order valence-corrected chi connectivity index (χ0v) is 13.6. The van der Waals surface area contributed by atoms with Gasteiger partial charge in [-0.05, 0) is 30.9 Å². The van der Waals surface area contributed by atoms with Gasteiger partial charge in [0, 0.05) is 37.7 Å². The van der Waals surface area contributed by atoms with Gasteiger partial charge in [0.2, 0.25) is 0 Å². The molecule has 122 valence electrons. The van der Waals surface area contributed by atoms with Crippen molar-refractivity contribution in [2.24, 2.45) is 5.92 Å². The highest BCUT2D eigenvalue weighted by Gasteiger charge is 2.24. The number of hydrogen-bond acceptors (Lipinski definition) is 5. The van der Waals surface area contributed by atoms with Gasteiger partial charge in [-0.3, -0.25) is 9.36 Å². The molecule has 24 heavy (non-hydrogen) atoms. The Morgan fingerprint density at radius 3 is 2.88 bits per heavy atom. The Morgan fingerprint density at radius 2 is 2.00 bits per heavy atom. The highest BCUT2D eigenvalue weighted by molar-refractivity contribution is 5.66. The molecule has 1 atom stereocenters. The lowest BCUT2D eigenvalue weighted by Crippen LogP contribution is -2.27. The number of anilines is 1. The molecule has 6 nitrogen and oxygen atoms in total. The molecule has 0 amide bonds. The summed E-state index contributed by atoms with van der Waals surface area (Å²) in [5.41, 5.74) is 3.22. The zero-order valence-electron chi connectivity index (χ0n) is 13.6. The van der Waals surface area contributed by atoms with E-state index in [1.165, 1.54) is 17.4 Å². The lowest BCUT2D eigenvalue weighted by atomic mass is 10.1. The minimum absolute atomic E-state index is 0.109. The van der Waals surface area contributed by atoms with E-state index < -0.39 is 0 Å². The smallest absolute Gasteiger partial charge is 0.281 e. The normalized spacial score (nSPS) is 17.5. The minimum atomic E-state index is -0.109. The Kier molecular flexibility index (Phi) is 3.72. The zero-order chi connectivity index (χ0) is 16.5. The fourth-order valence-electron chi connectivity index (χ4n) is 3.42. The fraction of sp³-hybridized carbons (Fsp3) is 0.333. The van der Waals surface area contributed by atoms with Crippen LogP contribution < -0.4 is 10.5 Å². The first-order valence-corrected chi connectivity index (χ1v) is 8.19. The predicted octanol–water partition coefficient (Wildman–Crippen LogP) is 2.02. The molecule has 0 spiro atoms. The number of rotatable bonds is 3. The number of fused-ring (bicyclic) bond motifs is 1. The predicted molar refractivity (Wildman–Crippen MR) is 93.1 cm³/mol. The molecule has 1 fully saturated rings. The van der Waals surface area contributed by atoms with Gasteiger partial charge in [0.15, 0.2) is 11.2 Å². The van der Waals surface area contributed by atoms with Gasteiger partial charge in [-0.1, -0.05) is 18.2 Å². The van der Waals surface area contributed by atoms with Crippen molar-refractivity contribution in [3.8, 4) is 0 Å². The Labute approximate surface area is 139 Å². The lowest BCUT2D eigenvalue weighted by Gasteiger charge is -2.21. The molecule has 2 aromatic heterocycles. The molecule has 0 aliphatic carbocycles. The molecular weight excluding hydrogens is 302 g/mol. The Morgan fingerprint density at radius 1 is 1.17 bits per heavy atom. The number of nitrogens with zero attached hydrogens (tertiary/aromatic N) is 5. The van der Waals surface area contributed by atoms with Gasteiger partial charge < -0.3 is 4.90 Å². The molecule has 1 aliphatic heterocycles. The first-order chi connectivity index (χ1) is 11.7. The molecule has 6 heteroatoms. The van der Waals surface area contributed by atoms with Crippen LogP contribution in [0.2, 0.25) is 0 Å². The monoisotopic (exact) mass is 321 g/mol. The van der Waals surface area contributed by atoms with E-state index in [0.29, 0.717) is 23.6 Å². The second-order valence-corrected chi connectivity index (χ2v) is 6.32. The quantitative estimate of drug-likeness (QED) is 0.738. The summed E-state index contributed by atoms with van der Waals surface area (Å²) in [4.78, 5) is 27.4. The maximum Gasteiger partial charge on any atom is 0.281 e. The van der Waals surface area contributed by atoms with Crippen LogP contribution in [0.4, 0.5) is 5.69 Å². The highest BCUT2D eigenvalue weighted by Crippen LogP contribution is 2.27. The van der Waals surface area contributed by atoms with Crippen molar-refractivity contribution >= 4 is 16.9 Å². The van der Waals surface area contributed by atoms with Gasteiger partial charge in [0.25, 0.3) is 5.56 Å². The molecule has 0 saturated carbocycles. The van der Waals surface area contributed by atoms with Gasteiger partial charge in [-0.15, -0.1) is 0 Å². The largest absolute Gasteiger partial charge is 0.371 e. The van der Waals surface area contributed by atoms with Gasteiger partial charge in [0.05, 0.1) is 0 Å². The van der Waals surface area contributed by atoms with E-state index in [1.54, 1.807) is 17.1 Å². The second kappa shape index (κ2) is 6.03. The van der Waals surface area contributed by atoms with E-state index in [-0.39, 0.29) is 5.56 Å². The van der Waals surface area contributed by atoms with E-state index in [2.05, 4.69) is 51.0 Å². The summed E-state index contributed by atoms with van der Waals surface area (Å²) in [6, 6.07) is 8.44. The molecule has 1 saturated heterocycles. The van der Waals surface area contributed by atoms with E-state index in [9.17, 15) is 4.79 Å². The van der Waals surface area contributed by atoms with Crippen LogP contribution in [-0.2, 0) is 6.54 Å². The summed E-state index contributed by atoms with van der Waals surface area (Å²) in [6.07, 6.45) is 5.75. The van der Waals surface area contributed by atoms with Crippen LogP contribution in [0.15, 0.2) is 47.8 Å². The minimum Gasteiger partial charge on any atom is -0.371 e. The van der Waals surface area contributed by atoms with Crippen LogP contribution in [0.1, 0.15) is 12.0 Å². The fourth-order valence-corrected chi connectivity index (χ4v) is 3.42. The molecule has 0 bridgehead atoms. The molecular formula is C18H19N5O. The molecule has 0 radical (unpaired) electrons. The number of aromatic nitrogens is 4. The summed E-state index contributed by atoms with van der Waals surface area (Å²) < 4.78 is 1.67. The van der Waals surface area contributed by atoms with Gasteiger partial charge in [-0.25, -0.2) is 15.0 Å². The summed E-state index contributed by atoms with van der Waals surface area (Å²) in [5, 5.41) is 0. The number of para-hydroxylation sites is 1.